The molecular weight excluding hydrogens is 330 g/mol. The molecule has 2 heterocycles. The molecule has 0 bridgehead atoms. The lowest BCUT2D eigenvalue weighted by atomic mass is 10.2. The third-order valence-electron chi connectivity index (χ3n) is 4.66. The van der Waals surface area contributed by atoms with Crippen molar-refractivity contribution in [3.8, 4) is 17.1 Å². The first kappa shape index (κ1) is 16.3. The number of nitrogens with one attached hydrogen (secondary N) is 1. The summed E-state index contributed by atoms with van der Waals surface area (Å²) in [7, 11) is 1.67. The first-order valence-electron chi connectivity index (χ1n) is 8.63. The largest absolute Gasteiger partial charge is 0.497 e. The minimum absolute atomic E-state index is 0.207. The summed E-state index contributed by atoms with van der Waals surface area (Å²) in [5, 5.41) is 8.84. The molecule has 0 radical (unpaired) electrons. The van der Waals surface area contributed by atoms with Crippen LogP contribution in [0.2, 0.25) is 0 Å². The molecule has 1 aromatic heterocycles. The van der Waals surface area contributed by atoms with Gasteiger partial charge < -0.3 is 14.6 Å². The van der Waals surface area contributed by atoms with Crippen molar-refractivity contribution in [1.82, 2.24) is 14.9 Å². The Bertz CT molecular complexity index is 909. The van der Waals surface area contributed by atoms with E-state index in [0.717, 1.165) is 43.2 Å². The minimum atomic E-state index is -0.207. The van der Waals surface area contributed by atoms with Gasteiger partial charge in [0.05, 0.1) is 20.2 Å². The molecule has 26 heavy (non-hydrogen) atoms. The van der Waals surface area contributed by atoms with Crippen LogP contribution < -0.4 is 20.3 Å². The number of benzene rings is 2. The van der Waals surface area contributed by atoms with E-state index in [9.17, 15) is 4.79 Å². The second-order valence-corrected chi connectivity index (χ2v) is 6.17. The van der Waals surface area contributed by atoms with E-state index in [1.54, 1.807) is 11.8 Å². The van der Waals surface area contributed by atoms with Crippen LogP contribution in [0.5, 0.6) is 5.75 Å². The number of aromatic nitrogens is 3. The lowest BCUT2D eigenvalue weighted by Gasteiger charge is -2.37. The van der Waals surface area contributed by atoms with E-state index in [1.807, 2.05) is 47.5 Å². The SMILES string of the molecule is COc1ccc(N2CCN(n3c(-c4ccccc4)n[nH]c3=O)CC2)cc1. The van der Waals surface area contributed by atoms with Crippen LogP contribution in [-0.4, -0.2) is 48.2 Å². The highest BCUT2D eigenvalue weighted by molar-refractivity contribution is 5.55. The first-order chi connectivity index (χ1) is 12.8. The standard InChI is InChI=1S/C19H21N5O2/c1-26-17-9-7-16(8-10-17)22-11-13-23(14-12-22)24-18(20-21-19(24)25)15-5-3-2-4-6-15/h2-10H,11-14H2,1H3,(H,21,25). The summed E-state index contributed by atoms with van der Waals surface area (Å²) in [6, 6.07) is 17.8. The van der Waals surface area contributed by atoms with E-state index in [1.165, 1.54) is 0 Å². The molecule has 1 aliphatic rings. The highest BCUT2D eigenvalue weighted by Crippen LogP contribution is 2.21. The van der Waals surface area contributed by atoms with Gasteiger partial charge in [-0.1, -0.05) is 30.3 Å². The fraction of sp³-hybridized carbons (Fsp3) is 0.263. The van der Waals surface area contributed by atoms with Crippen LogP contribution in [0.3, 0.4) is 0 Å². The average molecular weight is 351 g/mol. The van der Waals surface area contributed by atoms with Crippen molar-refractivity contribution in [2.45, 2.75) is 0 Å². The molecule has 1 N–H and O–H groups in total. The van der Waals surface area contributed by atoms with Crippen LogP contribution in [0, 0.1) is 0 Å². The number of nitrogens with zero attached hydrogens (tertiary/aromatic N) is 4. The molecule has 0 unspecified atom stereocenters. The summed E-state index contributed by atoms with van der Waals surface area (Å²) in [6.07, 6.45) is 0. The van der Waals surface area contributed by atoms with Gasteiger partial charge in [0.2, 0.25) is 0 Å². The molecule has 0 atom stereocenters. The van der Waals surface area contributed by atoms with Gasteiger partial charge in [-0.3, -0.25) is 0 Å². The number of anilines is 1. The van der Waals surface area contributed by atoms with E-state index in [-0.39, 0.29) is 5.69 Å². The maximum absolute atomic E-state index is 12.3. The smallest absolute Gasteiger partial charge is 0.362 e. The molecule has 4 rings (SSSR count). The monoisotopic (exact) mass is 351 g/mol. The van der Waals surface area contributed by atoms with E-state index in [2.05, 4.69) is 27.2 Å². The van der Waals surface area contributed by atoms with Crippen molar-refractivity contribution >= 4 is 5.69 Å². The van der Waals surface area contributed by atoms with Crippen molar-refractivity contribution in [3.63, 3.8) is 0 Å². The van der Waals surface area contributed by atoms with Crippen LogP contribution in [0.25, 0.3) is 11.4 Å². The number of ether oxygens (including phenoxy) is 1. The molecule has 134 valence electrons. The number of methoxy groups -OCH3 is 1. The van der Waals surface area contributed by atoms with Crippen LogP contribution >= 0.6 is 0 Å². The Labute approximate surface area is 151 Å². The molecule has 0 spiro atoms. The Kier molecular flexibility index (Phi) is 4.35. The van der Waals surface area contributed by atoms with Crippen LogP contribution in [0.1, 0.15) is 0 Å². The van der Waals surface area contributed by atoms with Gasteiger partial charge in [-0.2, -0.15) is 9.77 Å². The molecule has 1 saturated heterocycles. The lowest BCUT2D eigenvalue weighted by molar-refractivity contribution is 0.414. The number of piperazine rings is 1. The summed E-state index contributed by atoms with van der Waals surface area (Å²) in [4.78, 5) is 14.6. The summed E-state index contributed by atoms with van der Waals surface area (Å²) < 4.78 is 6.87. The summed E-state index contributed by atoms with van der Waals surface area (Å²) >= 11 is 0. The fourth-order valence-electron chi connectivity index (χ4n) is 3.28. The van der Waals surface area contributed by atoms with Gasteiger partial charge in [-0.05, 0) is 24.3 Å². The Balaban J connectivity index is 1.52. The fourth-order valence-corrected chi connectivity index (χ4v) is 3.28. The number of hydrogen-bond donors (Lipinski definition) is 1. The highest BCUT2D eigenvalue weighted by Gasteiger charge is 2.22. The van der Waals surface area contributed by atoms with E-state index >= 15 is 0 Å². The summed E-state index contributed by atoms with van der Waals surface area (Å²) in [5.74, 6) is 1.50. The molecule has 7 heteroatoms. The molecule has 1 fully saturated rings. The number of H-pyrrole nitrogens is 1. The minimum Gasteiger partial charge on any atom is -0.497 e. The van der Waals surface area contributed by atoms with Gasteiger partial charge in [-0.25, -0.2) is 9.89 Å². The van der Waals surface area contributed by atoms with Crippen molar-refractivity contribution in [2.24, 2.45) is 0 Å². The van der Waals surface area contributed by atoms with Gasteiger partial charge in [0.25, 0.3) is 0 Å². The molecule has 0 saturated carbocycles. The Morgan fingerprint density at radius 2 is 1.65 bits per heavy atom. The second-order valence-electron chi connectivity index (χ2n) is 6.17. The Morgan fingerprint density at radius 3 is 2.31 bits per heavy atom. The predicted octanol–water partition coefficient (Wildman–Crippen LogP) is 1.71. The maximum Gasteiger partial charge on any atom is 0.362 e. The average Bonchev–Trinajstić information content (AvgIpc) is 3.10. The zero-order valence-corrected chi connectivity index (χ0v) is 14.6. The number of rotatable bonds is 4. The normalized spacial score (nSPS) is 14.5. The van der Waals surface area contributed by atoms with Gasteiger partial charge in [0.1, 0.15) is 5.75 Å². The third kappa shape index (κ3) is 3.03. The van der Waals surface area contributed by atoms with E-state index in [0.29, 0.717) is 5.82 Å². The molecule has 0 aliphatic carbocycles. The summed E-state index contributed by atoms with van der Waals surface area (Å²) in [5.41, 5.74) is 1.87. The summed E-state index contributed by atoms with van der Waals surface area (Å²) in [6.45, 7) is 3.15. The highest BCUT2D eigenvalue weighted by atomic mass is 16.5. The first-order valence-corrected chi connectivity index (χ1v) is 8.63. The maximum atomic E-state index is 12.3. The molecule has 3 aromatic rings. The molecule has 2 aromatic carbocycles. The second kappa shape index (κ2) is 6.95. The topological polar surface area (TPSA) is 66.4 Å². The van der Waals surface area contributed by atoms with Crippen molar-refractivity contribution in [3.05, 3.63) is 65.1 Å². The number of aromatic amines is 1. The lowest BCUT2D eigenvalue weighted by Crippen LogP contribution is -2.54. The van der Waals surface area contributed by atoms with Crippen LogP contribution in [-0.2, 0) is 0 Å². The Hall–Kier alpha value is -3.22. The van der Waals surface area contributed by atoms with Gasteiger partial charge in [0.15, 0.2) is 5.82 Å². The molecule has 1 aliphatic heterocycles. The van der Waals surface area contributed by atoms with Gasteiger partial charge in [-0.15, -0.1) is 0 Å². The van der Waals surface area contributed by atoms with Crippen molar-refractivity contribution < 1.29 is 4.74 Å². The van der Waals surface area contributed by atoms with E-state index in [4.69, 9.17) is 4.74 Å². The van der Waals surface area contributed by atoms with Crippen molar-refractivity contribution in [2.75, 3.05) is 43.2 Å². The van der Waals surface area contributed by atoms with Crippen molar-refractivity contribution in [1.29, 1.82) is 0 Å². The van der Waals surface area contributed by atoms with E-state index < -0.39 is 0 Å². The van der Waals surface area contributed by atoms with Crippen LogP contribution in [0.15, 0.2) is 59.4 Å². The molecular formula is C19H21N5O2. The van der Waals surface area contributed by atoms with Crippen LogP contribution in [0.4, 0.5) is 5.69 Å². The Morgan fingerprint density at radius 1 is 0.962 bits per heavy atom. The quantitative estimate of drug-likeness (QED) is 0.775. The van der Waals surface area contributed by atoms with Gasteiger partial charge in [0, 0.05) is 24.3 Å². The molecule has 0 amide bonds. The third-order valence-corrected chi connectivity index (χ3v) is 4.66. The predicted molar refractivity (Wildman–Crippen MR) is 101 cm³/mol. The zero-order valence-electron chi connectivity index (χ0n) is 14.6. The van der Waals surface area contributed by atoms with Gasteiger partial charge >= 0.3 is 5.69 Å². The molecule has 7 nitrogen and oxygen atoms in total. The zero-order chi connectivity index (χ0) is 17.9. The number of hydrogen-bond acceptors (Lipinski definition) is 5.